The monoisotopic (exact) mass is 355 g/mol. The van der Waals surface area contributed by atoms with Gasteiger partial charge in [0, 0.05) is 18.7 Å². The summed E-state index contributed by atoms with van der Waals surface area (Å²) >= 11 is 0. The maximum atomic E-state index is 12.6. The molecule has 5 nitrogen and oxygen atoms in total. The normalized spacial score (nSPS) is 18.7. The zero-order chi connectivity index (χ0) is 17.9. The third-order valence-electron chi connectivity index (χ3n) is 4.13. The molecule has 0 spiro atoms. The third-order valence-corrected chi connectivity index (χ3v) is 4.13. The van der Waals surface area contributed by atoms with Crippen LogP contribution in [0.5, 0.6) is 0 Å². The highest BCUT2D eigenvalue weighted by Crippen LogP contribution is 2.30. The minimum Gasteiger partial charge on any atom is -0.377 e. The van der Waals surface area contributed by atoms with Gasteiger partial charge in [-0.25, -0.2) is 0 Å². The van der Waals surface area contributed by atoms with Crippen LogP contribution in [0.4, 0.5) is 13.2 Å². The summed E-state index contributed by atoms with van der Waals surface area (Å²) in [5, 5.41) is 3.85. The van der Waals surface area contributed by atoms with E-state index < -0.39 is 11.7 Å². The van der Waals surface area contributed by atoms with Crippen LogP contribution < -0.4 is 0 Å². The number of halogens is 3. The second-order valence-electron chi connectivity index (χ2n) is 6.27. The van der Waals surface area contributed by atoms with Gasteiger partial charge >= 0.3 is 6.18 Å². The van der Waals surface area contributed by atoms with Crippen molar-refractivity contribution in [3.8, 4) is 11.4 Å². The topological polar surface area (TPSA) is 51.4 Å². The summed E-state index contributed by atoms with van der Waals surface area (Å²) in [5.41, 5.74) is -0.214. The molecule has 1 saturated heterocycles. The van der Waals surface area contributed by atoms with Gasteiger partial charge in [0.1, 0.15) is 0 Å². The van der Waals surface area contributed by atoms with Crippen molar-refractivity contribution in [1.29, 1.82) is 0 Å². The summed E-state index contributed by atoms with van der Waals surface area (Å²) in [7, 11) is 1.94. The lowest BCUT2D eigenvalue weighted by atomic mass is 10.1. The summed E-state index contributed by atoms with van der Waals surface area (Å²) in [6, 6.07) is 4.71. The second-order valence-corrected chi connectivity index (χ2v) is 6.27. The van der Waals surface area contributed by atoms with Gasteiger partial charge < -0.3 is 9.26 Å². The number of likely N-dealkylation sites (N-methyl/N-ethyl adjacent to an activating group) is 1. The van der Waals surface area contributed by atoms with Gasteiger partial charge in [0.05, 0.1) is 18.2 Å². The third kappa shape index (κ3) is 4.79. The first-order chi connectivity index (χ1) is 11.9. The first kappa shape index (κ1) is 17.9. The summed E-state index contributed by atoms with van der Waals surface area (Å²) in [4.78, 5) is 6.31. The maximum absolute atomic E-state index is 12.6. The minimum absolute atomic E-state index is 0.219. The molecule has 1 fully saturated rings. The fourth-order valence-electron chi connectivity index (χ4n) is 2.84. The first-order valence-electron chi connectivity index (χ1n) is 8.22. The van der Waals surface area contributed by atoms with Crippen LogP contribution in [-0.4, -0.2) is 41.3 Å². The van der Waals surface area contributed by atoms with Gasteiger partial charge in [-0.05, 0) is 38.4 Å². The maximum Gasteiger partial charge on any atom is 0.416 e. The van der Waals surface area contributed by atoms with Gasteiger partial charge in [-0.15, -0.1) is 0 Å². The van der Waals surface area contributed by atoms with Gasteiger partial charge in [-0.2, -0.15) is 18.2 Å². The molecule has 0 saturated carbocycles. The standard InChI is InChI=1S/C17H20F3N3O2/c1-23(10-14-4-2-3-9-24-14)11-15-21-16(22-25-15)12-5-7-13(8-6-12)17(18,19)20/h5-8,14H,2-4,9-11H2,1H3/t14-/m0/s1. The number of benzene rings is 1. The van der Waals surface area contributed by atoms with Crippen LogP contribution in [0.3, 0.4) is 0 Å². The van der Waals surface area contributed by atoms with Crippen molar-refractivity contribution < 1.29 is 22.4 Å². The molecule has 1 atom stereocenters. The smallest absolute Gasteiger partial charge is 0.377 e. The molecule has 2 aromatic rings. The second kappa shape index (κ2) is 7.53. The van der Waals surface area contributed by atoms with E-state index in [0.717, 1.165) is 38.1 Å². The van der Waals surface area contributed by atoms with Crippen molar-refractivity contribution in [2.24, 2.45) is 0 Å². The Bertz CT molecular complexity index is 679. The number of hydrogen-bond acceptors (Lipinski definition) is 5. The van der Waals surface area contributed by atoms with Gasteiger partial charge in [0.2, 0.25) is 11.7 Å². The highest BCUT2D eigenvalue weighted by Gasteiger charge is 2.30. The summed E-state index contributed by atoms with van der Waals surface area (Å²) in [5.74, 6) is 0.708. The lowest BCUT2D eigenvalue weighted by Gasteiger charge is -2.26. The average molecular weight is 355 g/mol. The molecule has 0 amide bonds. The molecule has 0 N–H and O–H groups in total. The number of hydrogen-bond donors (Lipinski definition) is 0. The molecule has 1 aromatic heterocycles. The van der Waals surface area contributed by atoms with Gasteiger partial charge in [0.25, 0.3) is 0 Å². The van der Waals surface area contributed by atoms with Crippen molar-refractivity contribution in [2.75, 3.05) is 20.2 Å². The van der Waals surface area contributed by atoms with Crippen LogP contribution in [-0.2, 0) is 17.5 Å². The fraction of sp³-hybridized carbons (Fsp3) is 0.529. The number of alkyl halides is 3. The van der Waals surface area contributed by atoms with E-state index in [2.05, 4.69) is 10.1 Å². The van der Waals surface area contributed by atoms with Crippen molar-refractivity contribution in [1.82, 2.24) is 15.0 Å². The van der Waals surface area contributed by atoms with Crippen LogP contribution in [0, 0.1) is 0 Å². The molecule has 1 aliphatic rings. The molecule has 2 heterocycles. The predicted molar refractivity (Wildman–Crippen MR) is 84.7 cm³/mol. The molecule has 8 heteroatoms. The van der Waals surface area contributed by atoms with Crippen LogP contribution in [0.2, 0.25) is 0 Å². The quantitative estimate of drug-likeness (QED) is 0.817. The van der Waals surface area contributed by atoms with E-state index >= 15 is 0 Å². The van der Waals surface area contributed by atoms with Crippen molar-refractivity contribution in [3.63, 3.8) is 0 Å². The van der Waals surface area contributed by atoms with Crippen LogP contribution >= 0.6 is 0 Å². The van der Waals surface area contributed by atoms with E-state index in [1.807, 2.05) is 11.9 Å². The number of nitrogens with zero attached hydrogens (tertiary/aromatic N) is 3. The Morgan fingerprint density at radius 1 is 1.20 bits per heavy atom. The molecule has 0 unspecified atom stereocenters. The number of rotatable bonds is 5. The molecule has 0 aliphatic carbocycles. The van der Waals surface area contributed by atoms with Gasteiger partial charge in [-0.3, -0.25) is 4.90 Å². The fourth-order valence-corrected chi connectivity index (χ4v) is 2.84. The highest BCUT2D eigenvalue weighted by molar-refractivity contribution is 5.54. The van der Waals surface area contributed by atoms with Crippen molar-refractivity contribution in [3.05, 3.63) is 35.7 Å². The van der Waals surface area contributed by atoms with Crippen LogP contribution in [0.15, 0.2) is 28.8 Å². The van der Waals surface area contributed by atoms with E-state index in [4.69, 9.17) is 9.26 Å². The summed E-state index contributed by atoms with van der Waals surface area (Å²) in [6.07, 6.45) is -0.802. The molecule has 3 rings (SSSR count). The molecule has 136 valence electrons. The van der Waals surface area contributed by atoms with Crippen molar-refractivity contribution >= 4 is 0 Å². The zero-order valence-corrected chi connectivity index (χ0v) is 13.9. The van der Waals surface area contributed by atoms with Gasteiger partial charge in [-0.1, -0.05) is 17.3 Å². The lowest BCUT2D eigenvalue weighted by molar-refractivity contribution is -0.137. The Labute approximate surface area is 143 Å². The molecule has 25 heavy (non-hydrogen) atoms. The van der Waals surface area contributed by atoms with E-state index in [1.54, 1.807) is 0 Å². The van der Waals surface area contributed by atoms with Gasteiger partial charge in [0.15, 0.2) is 0 Å². The predicted octanol–water partition coefficient (Wildman–Crippen LogP) is 3.76. The summed E-state index contributed by atoms with van der Waals surface area (Å²) in [6.45, 7) is 2.04. The average Bonchev–Trinajstić information content (AvgIpc) is 3.03. The Morgan fingerprint density at radius 2 is 1.96 bits per heavy atom. The van der Waals surface area contributed by atoms with Crippen LogP contribution in [0.1, 0.15) is 30.7 Å². The van der Waals surface area contributed by atoms with E-state index in [9.17, 15) is 13.2 Å². The number of aromatic nitrogens is 2. The van der Waals surface area contributed by atoms with Crippen molar-refractivity contribution in [2.45, 2.75) is 38.1 Å². The molecular formula is C17H20F3N3O2. The molecule has 1 aliphatic heterocycles. The SMILES string of the molecule is CN(Cc1nc(-c2ccc(C(F)(F)F)cc2)no1)C[C@@H]1CCCCO1. The molecular weight excluding hydrogens is 335 g/mol. The minimum atomic E-state index is -4.36. The Kier molecular flexibility index (Phi) is 5.39. The Morgan fingerprint density at radius 3 is 2.60 bits per heavy atom. The molecule has 0 radical (unpaired) electrons. The number of ether oxygens (including phenoxy) is 1. The molecule has 1 aromatic carbocycles. The van der Waals surface area contributed by atoms with E-state index in [0.29, 0.717) is 18.0 Å². The lowest BCUT2D eigenvalue weighted by Crippen LogP contribution is -2.33. The zero-order valence-electron chi connectivity index (χ0n) is 13.9. The highest BCUT2D eigenvalue weighted by atomic mass is 19.4. The van der Waals surface area contributed by atoms with Crippen LogP contribution in [0.25, 0.3) is 11.4 Å². The summed E-state index contributed by atoms with van der Waals surface area (Å²) < 4.78 is 48.7. The largest absolute Gasteiger partial charge is 0.416 e. The Balaban J connectivity index is 1.60. The van der Waals surface area contributed by atoms with E-state index in [1.165, 1.54) is 18.6 Å². The molecule has 0 bridgehead atoms. The Hall–Kier alpha value is -1.93. The van der Waals surface area contributed by atoms with E-state index in [-0.39, 0.29) is 11.9 Å². The first-order valence-corrected chi connectivity index (χ1v) is 8.22.